The van der Waals surface area contributed by atoms with Crippen LogP contribution in [0.3, 0.4) is 0 Å². The quantitative estimate of drug-likeness (QED) is 0.559. The van der Waals surface area contributed by atoms with Crippen molar-refractivity contribution in [2.75, 3.05) is 0 Å². The second kappa shape index (κ2) is 2.86. The summed E-state index contributed by atoms with van der Waals surface area (Å²) < 4.78 is 0. The summed E-state index contributed by atoms with van der Waals surface area (Å²) in [6, 6.07) is -0.116. The van der Waals surface area contributed by atoms with Gasteiger partial charge in [-0.15, -0.1) is 0 Å². The van der Waals surface area contributed by atoms with Crippen LogP contribution in [0.2, 0.25) is 0 Å². The number of carbonyl (C=O) groups is 1. The van der Waals surface area contributed by atoms with Gasteiger partial charge in [-0.1, -0.05) is 13.8 Å². The summed E-state index contributed by atoms with van der Waals surface area (Å²) in [6.45, 7) is 3.92. The molecule has 1 aliphatic rings. The molecule has 1 heterocycles. The van der Waals surface area contributed by atoms with E-state index >= 15 is 0 Å². The Labute approximate surface area is 61.3 Å². The minimum absolute atomic E-state index is 0.116. The zero-order valence-corrected chi connectivity index (χ0v) is 6.35. The SMILES string of the molecule is CCC1=[C][N]C(CC)C1=O. The Bertz CT molecular complexity index is 172. The molecule has 1 aliphatic heterocycles. The van der Waals surface area contributed by atoms with Crippen LogP contribution in [0.1, 0.15) is 26.7 Å². The average Bonchev–Trinajstić information content (AvgIpc) is 2.30. The standard InChI is InChI=1S/C8H11NO/c1-3-6-5-9-7(4-2)8(6)10/h7H,3-4H2,1-2H3. The van der Waals surface area contributed by atoms with Crippen molar-refractivity contribution < 1.29 is 4.79 Å². The summed E-state index contributed by atoms with van der Waals surface area (Å²) in [5, 5.41) is 3.95. The van der Waals surface area contributed by atoms with Crippen LogP contribution in [-0.4, -0.2) is 11.8 Å². The smallest absolute Gasteiger partial charge is 0.185 e. The van der Waals surface area contributed by atoms with Gasteiger partial charge in [0.1, 0.15) is 6.04 Å². The molecule has 0 saturated carbocycles. The van der Waals surface area contributed by atoms with Gasteiger partial charge < -0.3 is 0 Å². The molecule has 1 atom stereocenters. The van der Waals surface area contributed by atoms with Gasteiger partial charge in [0.05, 0.1) is 6.20 Å². The molecular weight excluding hydrogens is 126 g/mol. The van der Waals surface area contributed by atoms with E-state index < -0.39 is 0 Å². The number of rotatable bonds is 2. The highest BCUT2D eigenvalue weighted by molar-refractivity contribution is 6.00. The minimum Gasteiger partial charge on any atom is -0.292 e. The predicted molar refractivity (Wildman–Crippen MR) is 38.3 cm³/mol. The lowest BCUT2D eigenvalue weighted by Crippen LogP contribution is -2.21. The van der Waals surface area contributed by atoms with Crippen LogP contribution < -0.4 is 5.32 Å². The number of nitrogens with zero attached hydrogens (tertiary/aromatic N) is 1. The highest BCUT2D eigenvalue weighted by Gasteiger charge is 2.25. The number of hydrogen-bond acceptors (Lipinski definition) is 1. The van der Waals surface area contributed by atoms with E-state index in [4.69, 9.17) is 0 Å². The molecule has 0 saturated heterocycles. The Morgan fingerprint density at radius 2 is 2.30 bits per heavy atom. The molecule has 1 rings (SSSR count). The van der Waals surface area contributed by atoms with Crippen molar-refractivity contribution in [2.45, 2.75) is 32.7 Å². The fraction of sp³-hybridized carbons (Fsp3) is 0.625. The van der Waals surface area contributed by atoms with Gasteiger partial charge >= 0.3 is 0 Å². The molecule has 1 unspecified atom stereocenters. The summed E-state index contributed by atoms with van der Waals surface area (Å²) in [5.74, 6) is 0.171. The van der Waals surface area contributed by atoms with Crippen molar-refractivity contribution in [3.8, 4) is 0 Å². The van der Waals surface area contributed by atoms with Crippen LogP contribution in [0.25, 0.3) is 0 Å². The van der Waals surface area contributed by atoms with E-state index in [-0.39, 0.29) is 11.8 Å². The van der Waals surface area contributed by atoms with E-state index in [1.165, 1.54) is 0 Å². The van der Waals surface area contributed by atoms with Crippen molar-refractivity contribution >= 4 is 5.78 Å². The molecule has 0 spiro atoms. The Morgan fingerprint density at radius 3 is 2.60 bits per heavy atom. The van der Waals surface area contributed by atoms with Crippen LogP contribution in [0.4, 0.5) is 0 Å². The van der Waals surface area contributed by atoms with E-state index in [0.29, 0.717) is 0 Å². The van der Waals surface area contributed by atoms with Crippen LogP contribution >= 0.6 is 0 Å². The molecule has 10 heavy (non-hydrogen) atoms. The minimum atomic E-state index is -0.116. The molecule has 0 N–H and O–H groups in total. The van der Waals surface area contributed by atoms with E-state index in [9.17, 15) is 4.79 Å². The largest absolute Gasteiger partial charge is 0.292 e. The Balaban J connectivity index is 2.60. The highest BCUT2D eigenvalue weighted by atomic mass is 16.1. The summed E-state index contributed by atoms with van der Waals surface area (Å²) >= 11 is 0. The summed E-state index contributed by atoms with van der Waals surface area (Å²) in [6.07, 6.45) is 4.31. The van der Waals surface area contributed by atoms with Gasteiger partial charge in [0.2, 0.25) is 0 Å². The van der Waals surface area contributed by atoms with Gasteiger partial charge in [-0.3, -0.25) is 10.1 Å². The van der Waals surface area contributed by atoms with E-state index in [1.54, 1.807) is 0 Å². The normalized spacial score (nSPS) is 24.4. The van der Waals surface area contributed by atoms with E-state index in [1.807, 2.05) is 13.8 Å². The monoisotopic (exact) mass is 137 g/mol. The third-order valence-electron chi connectivity index (χ3n) is 1.70. The van der Waals surface area contributed by atoms with Crippen LogP contribution in [0, 0.1) is 6.20 Å². The molecule has 0 aliphatic carbocycles. The van der Waals surface area contributed by atoms with Crippen molar-refractivity contribution in [1.82, 2.24) is 5.32 Å². The third kappa shape index (κ3) is 1.06. The average molecular weight is 137 g/mol. The zero-order chi connectivity index (χ0) is 7.56. The number of ketones is 1. The zero-order valence-electron chi connectivity index (χ0n) is 6.35. The first-order chi connectivity index (χ1) is 4.79. The maximum atomic E-state index is 11.2. The van der Waals surface area contributed by atoms with Crippen molar-refractivity contribution in [3.63, 3.8) is 0 Å². The van der Waals surface area contributed by atoms with Gasteiger partial charge in [-0.25, -0.2) is 0 Å². The van der Waals surface area contributed by atoms with Gasteiger partial charge in [-0.2, -0.15) is 0 Å². The van der Waals surface area contributed by atoms with Crippen molar-refractivity contribution in [3.05, 3.63) is 11.8 Å². The number of Topliss-reactive ketones (excluding diaryl/α,β-unsaturated/α-hetero) is 1. The summed E-state index contributed by atoms with van der Waals surface area (Å²) in [5.41, 5.74) is 0.756. The summed E-state index contributed by atoms with van der Waals surface area (Å²) in [7, 11) is 0. The molecule has 0 aromatic carbocycles. The molecule has 54 valence electrons. The van der Waals surface area contributed by atoms with E-state index in [2.05, 4.69) is 11.5 Å². The molecule has 0 aromatic heterocycles. The van der Waals surface area contributed by atoms with Gasteiger partial charge in [-0.05, 0) is 12.8 Å². The maximum Gasteiger partial charge on any atom is 0.185 e. The molecule has 2 radical (unpaired) electrons. The van der Waals surface area contributed by atoms with Crippen LogP contribution in [0.5, 0.6) is 0 Å². The molecule has 2 heteroatoms. The van der Waals surface area contributed by atoms with Gasteiger partial charge in [0, 0.05) is 5.57 Å². The summed E-state index contributed by atoms with van der Waals surface area (Å²) in [4.78, 5) is 11.2. The first kappa shape index (κ1) is 7.32. The number of hydrogen-bond donors (Lipinski definition) is 0. The van der Waals surface area contributed by atoms with Crippen molar-refractivity contribution in [2.24, 2.45) is 0 Å². The maximum absolute atomic E-state index is 11.2. The second-order valence-electron chi connectivity index (χ2n) is 2.36. The topological polar surface area (TPSA) is 31.2 Å². The van der Waals surface area contributed by atoms with Gasteiger partial charge in [0.15, 0.2) is 5.78 Å². The number of carbonyl (C=O) groups excluding carboxylic acids is 1. The predicted octanol–water partition coefficient (Wildman–Crippen LogP) is 1.05. The lowest BCUT2D eigenvalue weighted by molar-refractivity contribution is -0.116. The third-order valence-corrected chi connectivity index (χ3v) is 1.70. The Hall–Kier alpha value is -0.790. The molecular formula is C8H11NO. The first-order valence-electron chi connectivity index (χ1n) is 3.65. The van der Waals surface area contributed by atoms with Crippen LogP contribution in [0.15, 0.2) is 5.57 Å². The van der Waals surface area contributed by atoms with Gasteiger partial charge in [0.25, 0.3) is 0 Å². The Kier molecular flexibility index (Phi) is 2.10. The lowest BCUT2D eigenvalue weighted by atomic mass is 10.1. The molecule has 2 nitrogen and oxygen atoms in total. The van der Waals surface area contributed by atoms with E-state index in [0.717, 1.165) is 18.4 Å². The fourth-order valence-corrected chi connectivity index (χ4v) is 1.00. The fourth-order valence-electron chi connectivity index (χ4n) is 1.00. The Morgan fingerprint density at radius 1 is 1.60 bits per heavy atom. The van der Waals surface area contributed by atoms with Crippen LogP contribution in [-0.2, 0) is 4.79 Å². The van der Waals surface area contributed by atoms with Crippen molar-refractivity contribution in [1.29, 1.82) is 0 Å². The molecule has 0 bridgehead atoms. The first-order valence-corrected chi connectivity index (χ1v) is 3.65. The molecule has 0 fully saturated rings. The second-order valence-corrected chi connectivity index (χ2v) is 2.36. The molecule has 0 aromatic rings. The molecule has 0 amide bonds. The highest BCUT2D eigenvalue weighted by Crippen LogP contribution is 2.13. The lowest BCUT2D eigenvalue weighted by Gasteiger charge is -2.01.